The molecule has 1 amide bonds. The van der Waals surface area contributed by atoms with Crippen LogP contribution in [0.5, 0.6) is 11.5 Å². The van der Waals surface area contributed by atoms with Crippen molar-refractivity contribution in [2.24, 2.45) is 0 Å². The zero-order chi connectivity index (χ0) is 18.8. The van der Waals surface area contributed by atoms with Crippen molar-refractivity contribution in [1.29, 1.82) is 0 Å². The van der Waals surface area contributed by atoms with Crippen LogP contribution in [0.4, 0.5) is 0 Å². The second kappa shape index (κ2) is 7.21. The van der Waals surface area contributed by atoms with Gasteiger partial charge in [0.1, 0.15) is 0 Å². The third-order valence-electron chi connectivity index (χ3n) is 4.28. The Morgan fingerprint density at radius 1 is 1.31 bits per heavy atom. The van der Waals surface area contributed by atoms with Gasteiger partial charge in [0.05, 0.1) is 23.6 Å². The summed E-state index contributed by atoms with van der Waals surface area (Å²) in [6, 6.07) is 7.35. The number of phenolic OH excluding ortho intramolecular Hbond substituents is 1. The number of methoxy groups -OCH3 is 1. The fraction of sp³-hybridized carbons (Fsp3) is 0.263. The number of aliphatic hydroxyl groups excluding tert-OH is 1. The number of rotatable bonds is 6. The number of Topliss-reactive ketones (excluding diaryl/α,β-unsaturated/α-hetero) is 1. The van der Waals surface area contributed by atoms with Gasteiger partial charge in [0, 0.05) is 6.54 Å². The van der Waals surface area contributed by atoms with Gasteiger partial charge in [-0.05, 0) is 35.6 Å². The molecule has 26 heavy (non-hydrogen) atoms. The average Bonchev–Trinajstić information content (AvgIpc) is 3.24. The predicted octanol–water partition coefficient (Wildman–Crippen LogP) is 3.45. The van der Waals surface area contributed by atoms with E-state index in [0.717, 1.165) is 0 Å². The molecule has 0 radical (unpaired) electrons. The summed E-state index contributed by atoms with van der Waals surface area (Å²) >= 11 is 1.25. The van der Waals surface area contributed by atoms with Crippen LogP contribution in [0.1, 0.15) is 34.6 Å². The Morgan fingerprint density at radius 2 is 2.08 bits per heavy atom. The second-order valence-electron chi connectivity index (χ2n) is 5.90. The number of hydrogen-bond donors (Lipinski definition) is 2. The van der Waals surface area contributed by atoms with Gasteiger partial charge in [-0.1, -0.05) is 19.1 Å². The molecule has 1 aliphatic rings. The van der Waals surface area contributed by atoms with E-state index in [0.29, 0.717) is 29.2 Å². The minimum absolute atomic E-state index is 0.0375. The molecule has 1 aromatic heterocycles. The Labute approximate surface area is 155 Å². The minimum atomic E-state index is -0.756. The van der Waals surface area contributed by atoms with Gasteiger partial charge in [-0.25, -0.2) is 0 Å². The van der Waals surface area contributed by atoms with Crippen LogP contribution >= 0.6 is 11.3 Å². The molecule has 0 saturated heterocycles. The highest BCUT2D eigenvalue weighted by molar-refractivity contribution is 7.12. The number of ketones is 1. The molecule has 0 saturated carbocycles. The van der Waals surface area contributed by atoms with E-state index in [4.69, 9.17) is 4.74 Å². The van der Waals surface area contributed by atoms with E-state index >= 15 is 0 Å². The summed E-state index contributed by atoms with van der Waals surface area (Å²) in [4.78, 5) is 27.4. The van der Waals surface area contributed by atoms with E-state index in [2.05, 4.69) is 0 Å². The third kappa shape index (κ3) is 2.94. The fourth-order valence-corrected chi connectivity index (χ4v) is 3.80. The summed E-state index contributed by atoms with van der Waals surface area (Å²) in [5.41, 5.74) is 0.574. The lowest BCUT2D eigenvalue weighted by Gasteiger charge is -2.26. The summed E-state index contributed by atoms with van der Waals surface area (Å²) in [5, 5.41) is 22.3. The van der Waals surface area contributed by atoms with Crippen LogP contribution in [-0.4, -0.2) is 40.5 Å². The Morgan fingerprint density at radius 3 is 2.65 bits per heavy atom. The van der Waals surface area contributed by atoms with Crippen LogP contribution in [-0.2, 0) is 4.79 Å². The fourth-order valence-electron chi connectivity index (χ4n) is 3.12. The van der Waals surface area contributed by atoms with Crippen molar-refractivity contribution in [3.63, 3.8) is 0 Å². The number of hydrogen-bond acceptors (Lipinski definition) is 6. The number of ether oxygens (including phenoxy) is 1. The lowest BCUT2D eigenvalue weighted by Crippen LogP contribution is -2.31. The van der Waals surface area contributed by atoms with E-state index < -0.39 is 17.7 Å². The summed E-state index contributed by atoms with van der Waals surface area (Å²) in [6.07, 6.45) is 0.665. The molecule has 2 heterocycles. The Kier molecular flexibility index (Phi) is 4.99. The summed E-state index contributed by atoms with van der Waals surface area (Å²) in [5.74, 6) is -1.29. The number of nitrogens with zero attached hydrogens (tertiary/aromatic N) is 1. The molecule has 0 spiro atoms. The van der Waals surface area contributed by atoms with Crippen molar-refractivity contribution in [2.45, 2.75) is 19.4 Å². The van der Waals surface area contributed by atoms with Gasteiger partial charge in [-0.3, -0.25) is 9.59 Å². The molecule has 1 atom stereocenters. The maximum absolute atomic E-state index is 12.9. The highest BCUT2D eigenvalue weighted by Gasteiger charge is 2.43. The quantitative estimate of drug-likeness (QED) is 0.758. The van der Waals surface area contributed by atoms with E-state index in [1.807, 2.05) is 6.92 Å². The van der Waals surface area contributed by atoms with Gasteiger partial charge in [0.15, 0.2) is 17.3 Å². The summed E-state index contributed by atoms with van der Waals surface area (Å²) < 4.78 is 5.06. The standard InChI is InChI=1S/C19H19NO5S/c1-3-8-20-16(11-6-7-13(25-2)12(21)10-11)15(18(23)19(20)24)17(22)14-5-4-9-26-14/h4-7,9-10,16,21,23H,3,8H2,1-2H3. The molecule has 0 aliphatic carbocycles. The number of carbonyl (C=O) groups is 2. The zero-order valence-corrected chi connectivity index (χ0v) is 15.2. The number of aromatic hydroxyl groups is 1. The highest BCUT2D eigenvalue weighted by Crippen LogP contribution is 2.41. The Balaban J connectivity index is 2.11. The number of aliphatic hydroxyl groups is 1. The normalized spacial score (nSPS) is 17.1. The molecule has 2 aromatic rings. The van der Waals surface area contributed by atoms with Gasteiger partial charge >= 0.3 is 0 Å². The zero-order valence-electron chi connectivity index (χ0n) is 14.4. The molecule has 6 nitrogen and oxygen atoms in total. The number of thiophene rings is 1. The number of carbonyl (C=O) groups excluding carboxylic acids is 2. The van der Waals surface area contributed by atoms with Gasteiger partial charge in [0.2, 0.25) is 5.78 Å². The van der Waals surface area contributed by atoms with Crippen LogP contribution in [0.15, 0.2) is 47.0 Å². The molecular formula is C19H19NO5S. The minimum Gasteiger partial charge on any atom is -0.504 e. The van der Waals surface area contributed by atoms with Gasteiger partial charge in [-0.2, -0.15) is 0 Å². The van der Waals surface area contributed by atoms with Crippen molar-refractivity contribution in [3.8, 4) is 11.5 Å². The lowest BCUT2D eigenvalue weighted by molar-refractivity contribution is -0.129. The molecule has 7 heteroatoms. The molecule has 2 N–H and O–H groups in total. The van der Waals surface area contributed by atoms with Crippen molar-refractivity contribution < 1.29 is 24.5 Å². The molecule has 0 fully saturated rings. The first-order valence-electron chi connectivity index (χ1n) is 8.18. The Bertz CT molecular complexity index is 872. The molecule has 1 unspecified atom stereocenters. The van der Waals surface area contributed by atoms with Crippen molar-refractivity contribution in [2.75, 3.05) is 13.7 Å². The van der Waals surface area contributed by atoms with Crippen LogP contribution in [0.2, 0.25) is 0 Å². The van der Waals surface area contributed by atoms with Crippen LogP contribution in [0, 0.1) is 0 Å². The molecular weight excluding hydrogens is 354 g/mol. The Hall–Kier alpha value is -2.80. The van der Waals surface area contributed by atoms with Crippen LogP contribution in [0.3, 0.4) is 0 Å². The number of amides is 1. The maximum atomic E-state index is 12.9. The van der Waals surface area contributed by atoms with E-state index in [9.17, 15) is 19.8 Å². The van der Waals surface area contributed by atoms with Gasteiger partial charge in [-0.15, -0.1) is 11.3 Å². The number of phenols is 1. The summed E-state index contributed by atoms with van der Waals surface area (Å²) in [7, 11) is 1.44. The first-order chi connectivity index (χ1) is 12.5. The topological polar surface area (TPSA) is 87.1 Å². The van der Waals surface area contributed by atoms with Crippen molar-refractivity contribution in [3.05, 3.63) is 57.5 Å². The highest BCUT2D eigenvalue weighted by atomic mass is 32.1. The SMILES string of the molecule is CCCN1C(=O)C(O)=C(C(=O)c2cccs2)C1c1ccc(OC)c(O)c1. The lowest BCUT2D eigenvalue weighted by atomic mass is 9.95. The molecule has 1 aromatic carbocycles. The monoisotopic (exact) mass is 373 g/mol. The predicted molar refractivity (Wildman–Crippen MR) is 97.7 cm³/mol. The maximum Gasteiger partial charge on any atom is 0.290 e. The first kappa shape index (κ1) is 18.0. The largest absolute Gasteiger partial charge is 0.504 e. The smallest absolute Gasteiger partial charge is 0.290 e. The summed E-state index contributed by atoms with van der Waals surface area (Å²) in [6.45, 7) is 2.29. The first-order valence-corrected chi connectivity index (χ1v) is 9.06. The van der Waals surface area contributed by atoms with E-state index in [-0.39, 0.29) is 17.1 Å². The molecule has 1 aliphatic heterocycles. The molecule has 136 valence electrons. The van der Waals surface area contributed by atoms with Crippen LogP contribution < -0.4 is 4.74 Å². The van der Waals surface area contributed by atoms with Crippen LogP contribution in [0.25, 0.3) is 0 Å². The second-order valence-corrected chi connectivity index (χ2v) is 6.85. The van der Waals surface area contributed by atoms with E-state index in [1.165, 1.54) is 29.4 Å². The van der Waals surface area contributed by atoms with Gasteiger partial charge in [0.25, 0.3) is 5.91 Å². The molecule has 3 rings (SSSR count). The number of benzene rings is 1. The van der Waals surface area contributed by atoms with E-state index in [1.54, 1.807) is 29.6 Å². The third-order valence-corrected chi connectivity index (χ3v) is 5.15. The average molecular weight is 373 g/mol. The van der Waals surface area contributed by atoms with Crippen molar-refractivity contribution >= 4 is 23.0 Å². The van der Waals surface area contributed by atoms with Crippen molar-refractivity contribution in [1.82, 2.24) is 4.90 Å². The van der Waals surface area contributed by atoms with Gasteiger partial charge < -0.3 is 19.8 Å². The molecule has 0 bridgehead atoms.